The fourth-order valence-corrected chi connectivity index (χ4v) is 2.27. The highest BCUT2D eigenvalue weighted by molar-refractivity contribution is 7.09. The number of nitrogens with one attached hydrogen (secondary N) is 1. The zero-order chi connectivity index (χ0) is 10.5. The normalized spacial score (nSPS) is 22.5. The van der Waals surface area contributed by atoms with Crippen LogP contribution in [0.25, 0.3) is 0 Å². The minimum Gasteiger partial charge on any atom is -0.377 e. The lowest BCUT2D eigenvalue weighted by Gasteiger charge is -2.13. The Bertz CT molecular complexity index is 327. The van der Waals surface area contributed by atoms with Gasteiger partial charge in [-0.15, -0.1) is 11.3 Å². The Hall–Kier alpha value is -0.960. The van der Waals surface area contributed by atoms with E-state index in [4.69, 9.17) is 10.00 Å². The lowest BCUT2D eigenvalue weighted by Crippen LogP contribution is -2.28. The second kappa shape index (κ2) is 5.21. The number of hydrogen-bond donors (Lipinski definition) is 1. The van der Waals surface area contributed by atoms with E-state index in [2.05, 4.69) is 16.4 Å². The Morgan fingerprint density at radius 2 is 2.73 bits per heavy atom. The number of hydrogen-bond acceptors (Lipinski definition) is 5. The van der Waals surface area contributed by atoms with Crippen LogP contribution >= 0.6 is 11.3 Å². The smallest absolute Gasteiger partial charge is 0.132 e. The van der Waals surface area contributed by atoms with Gasteiger partial charge in [-0.05, 0) is 12.8 Å². The van der Waals surface area contributed by atoms with Crippen molar-refractivity contribution in [2.45, 2.75) is 25.0 Å². The van der Waals surface area contributed by atoms with Crippen molar-refractivity contribution in [3.63, 3.8) is 0 Å². The fraction of sp³-hybridized carbons (Fsp3) is 0.600. The molecule has 0 amide bonds. The van der Waals surface area contributed by atoms with Crippen LogP contribution in [0.3, 0.4) is 0 Å². The molecule has 80 valence electrons. The van der Waals surface area contributed by atoms with Gasteiger partial charge in [-0.1, -0.05) is 0 Å². The molecule has 1 N–H and O–H groups in total. The standard InChI is InChI=1S/C10H13N3OS/c11-4-9(10-6-12-7-15-10)13-5-8-2-1-3-14-8/h6-9,13H,1-3,5H2. The molecule has 0 aliphatic carbocycles. The molecule has 2 rings (SSSR count). The van der Waals surface area contributed by atoms with Crippen molar-refractivity contribution in [2.24, 2.45) is 0 Å². The Balaban J connectivity index is 1.84. The number of nitrogens with zero attached hydrogens (tertiary/aromatic N) is 2. The molecule has 1 aromatic rings. The first-order chi connectivity index (χ1) is 7.40. The summed E-state index contributed by atoms with van der Waals surface area (Å²) < 4.78 is 5.48. The molecule has 0 aromatic carbocycles. The van der Waals surface area contributed by atoms with Gasteiger partial charge < -0.3 is 4.74 Å². The average molecular weight is 223 g/mol. The first-order valence-corrected chi connectivity index (χ1v) is 5.91. The van der Waals surface area contributed by atoms with Gasteiger partial charge in [-0.2, -0.15) is 5.26 Å². The summed E-state index contributed by atoms with van der Waals surface area (Å²) in [6.45, 7) is 1.60. The lowest BCUT2D eigenvalue weighted by atomic mass is 10.2. The molecule has 0 bridgehead atoms. The predicted octanol–water partition coefficient (Wildman–Crippen LogP) is 1.48. The third kappa shape index (κ3) is 2.75. The van der Waals surface area contributed by atoms with Gasteiger partial charge in [0.2, 0.25) is 0 Å². The molecule has 1 aliphatic heterocycles. The van der Waals surface area contributed by atoms with Gasteiger partial charge in [-0.3, -0.25) is 10.3 Å². The number of nitriles is 1. The lowest BCUT2D eigenvalue weighted by molar-refractivity contribution is 0.109. The van der Waals surface area contributed by atoms with Crippen LogP contribution in [-0.2, 0) is 4.74 Å². The van der Waals surface area contributed by atoms with E-state index in [0.717, 1.165) is 30.9 Å². The zero-order valence-electron chi connectivity index (χ0n) is 8.35. The average Bonchev–Trinajstić information content (AvgIpc) is 2.90. The van der Waals surface area contributed by atoms with E-state index in [0.29, 0.717) is 0 Å². The molecule has 4 nitrogen and oxygen atoms in total. The molecule has 1 saturated heterocycles. The van der Waals surface area contributed by atoms with Crippen LogP contribution < -0.4 is 5.32 Å². The molecule has 2 unspecified atom stereocenters. The van der Waals surface area contributed by atoms with Crippen LogP contribution in [-0.4, -0.2) is 24.2 Å². The summed E-state index contributed by atoms with van der Waals surface area (Å²) in [5.74, 6) is 0. The van der Waals surface area contributed by atoms with Gasteiger partial charge >= 0.3 is 0 Å². The second-order valence-corrected chi connectivity index (χ2v) is 4.43. The van der Waals surface area contributed by atoms with E-state index < -0.39 is 0 Å². The molecular formula is C10H13N3OS. The van der Waals surface area contributed by atoms with Crippen molar-refractivity contribution in [3.8, 4) is 6.07 Å². The maximum absolute atomic E-state index is 9.00. The fourth-order valence-electron chi connectivity index (χ4n) is 1.63. The van der Waals surface area contributed by atoms with Gasteiger partial charge in [0.05, 0.1) is 22.6 Å². The maximum atomic E-state index is 9.00. The van der Waals surface area contributed by atoms with Gasteiger partial charge in [0.15, 0.2) is 0 Å². The first-order valence-electron chi connectivity index (χ1n) is 5.03. The van der Waals surface area contributed by atoms with E-state index in [-0.39, 0.29) is 12.1 Å². The molecule has 5 heteroatoms. The van der Waals surface area contributed by atoms with E-state index in [1.807, 2.05) is 0 Å². The van der Waals surface area contributed by atoms with Gasteiger partial charge in [-0.25, -0.2) is 0 Å². The summed E-state index contributed by atoms with van der Waals surface area (Å²) in [7, 11) is 0. The topological polar surface area (TPSA) is 57.9 Å². The third-order valence-corrected chi connectivity index (χ3v) is 3.28. The van der Waals surface area contributed by atoms with Crippen molar-refractivity contribution < 1.29 is 4.74 Å². The van der Waals surface area contributed by atoms with Crippen molar-refractivity contribution in [1.29, 1.82) is 5.26 Å². The maximum Gasteiger partial charge on any atom is 0.132 e. The van der Waals surface area contributed by atoms with Crippen molar-refractivity contribution in [2.75, 3.05) is 13.2 Å². The summed E-state index contributed by atoms with van der Waals surface area (Å²) in [5, 5.41) is 12.2. The van der Waals surface area contributed by atoms with Gasteiger partial charge in [0.25, 0.3) is 0 Å². The SMILES string of the molecule is N#CC(NCC1CCCO1)c1cncs1. The third-order valence-electron chi connectivity index (χ3n) is 2.44. The highest BCUT2D eigenvalue weighted by Crippen LogP contribution is 2.17. The van der Waals surface area contributed by atoms with Gasteiger partial charge in [0.1, 0.15) is 6.04 Å². The summed E-state index contributed by atoms with van der Waals surface area (Å²) in [4.78, 5) is 4.94. The predicted molar refractivity (Wildman–Crippen MR) is 57.4 cm³/mol. The number of aromatic nitrogens is 1. The largest absolute Gasteiger partial charge is 0.377 e. The minimum absolute atomic E-state index is 0.248. The monoisotopic (exact) mass is 223 g/mol. The summed E-state index contributed by atoms with van der Waals surface area (Å²) >= 11 is 1.50. The van der Waals surface area contributed by atoms with Gasteiger partial charge in [0, 0.05) is 19.3 Å². The molecule has 0 spiro atoms. The molecule has 15 heavy (non-hydrogen) atoms. The minimum atomic E-state index is -0.248. The van der Waals surface area contributed by atoms with E-state index >= 15 is 0 Å². The van der Waals surface area contributed by atoms with E-state index in [1.54, 1.807) is 11.7 Å². The Morgan fingerprint density at radius 1 is 1.80 bits per heavy atom. The van der Waals surface area contributed by atoms with Crippen molar-refractivity contribution in [3.05, 3.63) is 16.6 Å². The Morgan fingerprint density at radius 3 is 3.33 bits per heavy atom. The first kappa shape index (κ1) is 10.6. The molecule has 1 aliphatic rings. The number of rotatable bonds is 4. The highest BCUT2D eigenvalue weighted by Gasteiger charge is 2.18. The molecule has 2 heterocycles. The van der Waals surface area contributed by atoms with Crippen LogP contribution in [0.2, 0.25) is 0 Å². The van der Waals surface area contributed by atoms with Crippen molar-refractivity contribution >= 4 is 11.3 Å². The zero-order valence-corrected chi connectivity index (χ0v) is 9.17. The molecular weight excluding hydrogens is 210 g/mol. The van der Waals surface area contributed by atoms with Crippen LogP contribution in [0.15, 0.2) is 11.7 Å². The molecule has 1 fully saturated rings. The second-order valence-electron chi connectivity index (χ2n) is 3.51. The summed E-state index contributed by atoms with van der Waals surface area (Å²) in [6, 6.07) is 1.98. The van der Waals surface area contributed by atoms with E-state index in [9.17, 15) is 0 Å². The van der Waals surface area contributed by atoms with Crippen LogP contribution in [0, 0.1) is 11.3 Å². The van der Waals surface area contributed by atoms with Crippen molar-refractivity contribution in [1.82, 2.24) is 10.3 Å². The summed E-state index contributed by atoms with van der Waals surface area (Å²) in [5.41, 5.74) is 1.74. The Kier molecular flexibility index (Phi) is 3.67. The molecule has 0 radical (unpaired) electrons. The van der Waals surface area contributed by atoms with Crippen LogP contribution in [0.1, 0.15) is 23.8 Å². The molecule has 1 aromatic heterocycles. The summed E-state index contributed by atoms with van der Waals surface area (Å²) in [6.07, 6.45) is 4.23. The van der Waals surface area contributed by atoms with E-state index in [1.165, 1.54) is 11.3 Å². The Labute approximate surface area is 92.9 Å². The molecule has 2 atom stereocenters. The number of ether oxygens (including phenoxy) is 1. The number of thiazole rings is 1. The quantitative estimate of drug-likeness (QED) is 0.840. The van der Waals surface area contributed by atoms with Crippen LogP contribution in [0.5, 0.6) is 0 Å². The highest BCUT2D eigenvalue weighted by atomic mass is 32.1. The van der Waals surface area contributed by atoms with Crippen LogP contribution in [0.4, 0.5) is 0 Å². The molecule has 0 saturated carbocycles.